The fourth-order valence-electron chi connectivity index (χ4n) is 2.97. The molecule has 2 atom stereocenters. The molecule has 1 fully saturated rings. The molecule has 2 aromatic rings. The number of amides is 1. The van der Waals surface area contributed by atoms with Gasteiger partial charge < -0.3 is 14.4 Å². The van der Waals surface area contributed by atoms with E-state index in [1.165, 1.54) is 19.0 Å². The van der Waals surface area contributed by atoms with Gasteiger partial charge in [0.2, 0.25) is 10.0 Å². The predicted octanol–water partition coefficient (Wildman–Crippen LogP) is 0.117. The summed E-state index contributed by atoms with van der Waals surface area (Å²) in [6.45, 7) is 0.0621. The van der Waals surface area contributed by atoms with E-state index in [2.05, 4.69) is 0 Å². The number of fused-ring (bicyclic) bond motifs is 1. The van der Waals surface area contributed by atoms with Gasteiger partial charge in [0.25, 0.3) is 5.91 Å². The average Bonchev–Trinajstić information content (AvgIpc) is 2.94. The molecule has 1 aromatic heterocycles. The minimum absolute atomic E-state index is 0.0109. The summed E-state index contributed by atoms with van der Waals surface area (Å²) >= 11 is 0. The highest BCUT2D eigenvalue weighted by atomic mass is 32.2. The van der Waals surface area contributed by atoms with E-state index in [-0.39, 0.29) is 30.0 Å². The highest BCUT2D eigenvalue weighted by molar-refractivity contribution is 7.89. The number of hydrogen-bond donors (Lipinski definition) is 1. The second-order valence-corrected chi connectivity index (χ2v) is 8.80. The van der Waals surface area contributed by atoms with E-state index in [9.17, 15) is 23.1 Å². The lowest BCUT2D eigenvalue weighted by atomic mass is 10.1. The first-order valence-electron chi connectivity index (χ1n) is 8.09. The van der Waals surface area contributed by atoms with Gasteiger partial charge in [-0.3, -0.25) is 9.59 Å². The maximum Gasteiger partial charge on any atom is 0.289 e. The van der Waals surface area contributed by atoms with E-state index >= 15 is 0 Å². The third-order valence-corrected chi connectivity index (χ3v) is 6.48. The Labute approximate surface area is 150 Å². The van der Waals surface area contributed by atoms with Crippen molar-refractivity contribution in [1.29, 1.82) is 0 Å². The normalized spacial score (nSPS) is 20.8. The van der Waals surface area contributed by atoms with Crippen molar-refractivity contribution in [2.24, 2.45) is 5.92 Å². The van der Waals surface area contributed by atoms with Crippen LogP contribution in [0, 0.1) is 5.92 Å². The molecular weight excluding hydrogens is 360 g/mol. The van der Waals surface area contributed by atoms with Crippen LogP contribution < -0.4 is 5.43 Å². The first kappa shape index (κ1) is 18.6. The molecule has 0 aliphatic carbocycles. The molecule has 0 unspecified atom stereocenters. The number of β-amino-alcohol motifs (C(OH)–C–C–N with tert-alkyl or cyclic N) is 1. The summed E-state index contributed by atoms with van der Waals surface area (Å²) < 4.78 is 30.7. The minimum Gasteiger partial charge on any atom is -0.451 e. The first-order chi connectivity index (χ1) is 12.2. The van der Waals surface area contributed by atoms with Gasteiger partial charge >= 0.3 is 0 Å². The molecular formula is C17H20N2O6S. The molecule has 0 spiro atoms. The van der Waals surface area contributed by atoms with Crippen LogP contribution in [0.1, 0.15) is 10.6 Å². The van der Waals surface area contributed by atoms with Crippen LogP contribution in [0.2, 0.25) is 0 Å². The number of carbonyl (C=O) groups excluding carboxylic acids is 1. The second-order valence-electron chi connectivity index (χ2n) is 6.57. The molecule has 1 saturated heterocycles. The maximum absolute atomic E-state index is 12.7. The highest BCUT2D eigenvalue weighted by Crippen LogP contribution is 2.22. The van der Waals surface area contributed by atoms with E-state index in [1.807, 2.05) is 0 Å². The molecule has 1 aliphatic heterocycles. The average molecular weight is 380 g/mol. The Morgan fingerprint density at radius 1 is 1.31 bits per heavy atom. The third kappa shape index (κ3) is 3.50. The number of para-hydroxylation sites is 1. The highest BCUT2D eigenvalue weighted by Gasteiger charge is 2.38. The molecule has 26 heavy (non-hydrogen) atoms. The van der Waals surface area contributed by atoms with E-state index in [0.29, 0.717) is 11.0 Å². The van der Waals surface area contributed by atoms with Crippen molar-refractivity contribution in [3.63, 3.8) is 0 Å². The van der Waals surface area contributed by atoms with Crippen LogP contribution in [-0.4, -0.2) is 67.7 Å². The monoisotopic (exact) mass is 380 g/mol. The van der Waals surface area contributed by atoms with Crippen molar-refractivity contribution in [3.8, 4) is 0 Å². The van der Waals surface area contributed by atoms with E-state index in [0.717, 1.165) is 10.4 Å². The molecule has 3 rings (SSSR count). The smallest absolute Gasteiger partial charge is 0.289 e. The van der Waals surface area contributed by atoms with Crippen LogP contribution in [-0.2, 0) is 10.0 Å². The largest absolute Gasteiger partial charge is 0.451 e. The standard InChI is InChI=1S/C17H20N2O6S/c1-18(2)26(23,24)10-11-8-19(9-14(11)21)17(22)16-7-13(20)12-5-3-4-6-15(12)25-16/h3-7,11,14,21H,8-10H2,1-2H3/t11-,14+/m0/s1. The van der Waals surface area contributed by atoms with Crippen molar-refractivity contribution >= 4 is 26.9 Å². The molecule has 0 bridgehead atoms. The minimum atomic E-state index is -3.50. The molecule has 1 aliphatic rings. The lowest BCUT2D eigenvalue weighted by Crippen LogP contribution is -2.33. The zero-order chi connectivity index (χ0) is 19.1. The summed E-state index contributed by atoms with van der Waals surface area (Å²) in [6.07, 6.45) is -0.958. The molecule has 1 N–H and O–H groups in total. The Morgan fingerprint density at radius 2 is 2.00 bits per heavy atom. The van der Waals surface area contributed by atoms with E-state index < -0.39 is 28.0 Å². The summed E-state index contributed by atoms with van der Waals surface area (Å²) in [5.74, 6) is -1.53. The van der Waals surface area contributed by atoms with Gasteiger partial charge in [0.05, 0.1) is 17.2 Å². The molecule has 2 heterocycles. The number of sulfonamides is 1. The summed E-state index contributed by atoms with van der Waals surface area (Å²) in [5, 5.41) is 10.5. The molecule has 1 aromatic carbocycles. The molecule has 9 heteroatoms. The third-order valence-electron chi connectivity index (χ3n) is 4.52. The summed E-state index contributed by atoms with van der Waals surface area (Å²) in [7, 11) is -0.662. The number of carbonyl (C=O) groups is 1. The van der Waals surface area contributed by atoms with Crippen molar-refractivity contribution < 1.29 is 22.7 Å². The SMILES string of the molecule is CN(C)S(=O)(=O)C[C@@H]1CN(C(=O)c2cc(=O)c3ccccc3o2)C[C@H]1O. The van der Waals surface area contributed by atoms with Crippen molar-refractivity contribution in [2.75, 3.05) is 32.9 Å². The van der Waals surface area contributed by atoms with Crippen LogP contribution >= 0.6 is 0 Å². The summed E-state index contributed by atoms with van der Waals surface area (Å²) in [5.41, 5.74) is -0.0310. The number of nitrogens with zero attached hydrogens (tertiary/aromatic N) is 2. The van der Waals surface area contributed by atoms with Crippen molar-refractivity contribution in [2.45, 2.75) is 6.10 Å². The number of benzene rings is 1. The Balaban J connectivity index is 1.82. The molecule has 140 valence electrons. The summed E-state index contributed by atoms with van der Waals surface area (Å²) in [4.78, 5) is 26.1. The van der Waals surface area contributed by atoms with Crippen LogP contribution in [0.25, 0.3) is 11.0 Å². The number of aliphatic hydroxyl groups is 1. The van der Waals surface area contributed by atoms with Gasteiger partial charge in [-0.05, 0) is 12.1 Å². The lowest BCUT2D eigenvalue weighted by Gasteiger charge is -2.17. The summed E-state index contributed by atoms with van der Waals surface area (Å²) in [6, 6.07) is 7.73. The Hall–Kier alpha value is -2.23. The fraction of sp³-hybridized carbons (Fsp3) is 0.412. The maximum atomic E-state index is 12.7. The molecule has 1 amide bonds. The van der Waals surface area contributed by atoms with Gasteiger partial charge in [-0.1, -0.05) is 12.1 Å². The van der Waals surface area contributed by atoms with Crippen molar-refractivity contribution in [3.05, 3.63) is 46.3 Å². The van der Waals surface area contributed by atoms with E-state index in [1.54, 1.807) is 24.3 Å². The first-order valence-corrected chi connectivity index (χ1v) is 9.70. The number of rotatable bonds is 4. The van der Waals surface area contributed by atoms with Gasteiger partial charge in [-0.15, -0.1) is 0 Å². The zero-order valence-corrected chi connectivity index (χ0v) is 15.3. The van der Waals surface area contributed by atoms with Gasteiger partial charge in [-0.2, -0.15) is 0 Å². The molecule has 8 nitrogen and oxygen atoms in total. The Kier molecular flexibility index (Phi) is 4.87. The predicted molar refractivity (Wildman–Crippen MR) is 95.4 cm³/mol. The van der Waals surface area contributed by atoms with Crippen LogP contribution in [0.3, 0.4) is 0 Å². The van der Waals surface area contributed by atoms with Gasteiger partial charge in [0.15, 0.2) is 11.2 Å². The Bertz CT molecular complexity index is 998. The van der Waals surface area contributed by atoms with Gasteiger partial charge in [0, 0.05) is 39.2 Å². The molecule has 0 radical (unpaired) electrons. The quantitative estimate of drug-likeness (QED) is 0.807. The Morgan fingerprint density at radius 3 is 2.69 bits per heavy atom. The topological polar surface area (TPSA) is 108 Å². The number of likely N-dealkylation sites (tertiary alicyclic amines) is 1. The van der Waals surface area contributed by atoms with Crippen LogP contribution in [0.5, 0.6) is 0 Å². The van der Waals surface area contributed by atoms with E-state index in [4.69, 9.17) is 4.42 Å². The number of hydrogen-bond acceptors (Lipinski definition) is 6. The van der Waals surface area contributed by atoms with Crippen molar-refractivity contribution in [1.82, 2.24) is 9.21 Å². The fourth-order valence-corrected chi connectivity index (χ4v) is 4.14. The van der Waals surface area contributed by atoms with Crippen LogP contribution in [0.15, 0.2) is 39.5 Å². The zero-order valence-electron chi connectivity index (χ0n) is 14.5. The van der Waals surface area contributed by atoms with Gasteiger partial charge in [-0.25, -0.2) is 12.7 Å². The molecule has 0 saturated carbocycles. The van der Waals surface area contributed by atoms with Crippen LogP contribution in [0.4, 0.5) is 0 Å². The lowest BCUT2D eigenvalue weighted by molar-refractivity contribution is 0.0734. The number of aliphatic hydroxyl groups excluding tert-OH is 1. The van der Waals surface area contributed by atoms with Gasteiger partial charge in [0.1, 0.15) is 5.58 Å². The second kappa shape index (κ2) is 6.82.